The molecule has 0 bridgehead atoms. The maximum atomic E-state index is 11.5. The molecule has 2 rings (SSSR count). The number of hydrogen-bond donors (Lipinski definition) is 2. The van der Waals surface area contributed by atoms with E-state index in [2.05, 4.69) is 26.6 Å². The number of anilines is 1. The molecule has 0 saturated heterocycles. The third kappa shape index (κ3) is 4.04. The molecule has 0 radical (unpaired) electrons. The second-order valence-corrected chi connectivity index (χ2v) is 5.99. The summed E-state index contributed by atoms with van der Waals surface area (Å²) in [5.74, 6) is 0.0642. The first-order chi connectivity index (χ1) is 8.56. The summed E-state index contributed by atoms with van der Waals surface area (Å²) in [6.07, 6.45) is 2.62. The van der Waals surface area contributed by atoms with Gasteiger partial charge in [-0.3, -0.25) is 4.79 Å². The van der Waals surface area contributed by atoms with E-state index in [4.69, 9.17) is 23.2 Å². The molecule has 6 heteroatoms. The van der Waals surface area contributed by atoms with Crippen LogP contribution in [0.2, 0.25) is 10.0 Å². The second kappa shape index (κ2) is 6.13. The molecule has 1 amide bonds. The van der Waals surface area contributed by atoms with Crippen molar-refractivity contribution in [2.24, 2.45) is 0 Å². The number of nitrogens with one attached hydrogen (secondary N) is 2. The predicted molar refractivity (Wildman–Crippen MR) is 78.4 cm³/mol. The van der Waals surface area contributed by atoms with Gasteiger partial charge in [0.1, 0.15) is 0 Å². The van der Waals surface area contributed by atoms with E-state index in [1.54, 1.807) is 12.1 Å². The average Bonchev–Trinajstić information content (AvgIpc) is 3.05. The van der Waals surface area contributed by atoms with Crippen molar-refractivity contribution in [3.63, 3.8) is 0 Å². The van der Waals surface area contributed by atoms with Crippen molar-refractivity contribution in [3.05, 3.63) is 26.7 Å². The van der Waals surface area contributed by atoms with Crippen molar-refractivity contribution in [2.75, 3.05) is 11.9 Å². The van der Waals surface area contributed by atoms with Crippen LogP contribution < -0.4 is 10.6 Å². The Morgan fingerprint density at radius 1 is 1.33 bits per heavy atom. The summed E-state index contributed by atoms with van der Waals surface area (Å²) in [5.41, 5.74) is 0.667. The number of benzene rings is 1. The third-order valence-corrected chi connectivity index (χ3v) is 3.66. The van der Waals surface area contributed by atoms with Gasteiger partial charge in [0.2, 0.25) is 5.91 Å². The van der Waals surface area contributed by atoms with E-state index in [-0.39, 0.29) is 5.91 Å². The second-order valence-electron chi connectivity index (χ2n) is 4.26. The Morgan fingerprint density at radius 2 is 1.94 bits per heavy atom. The lowest BCUT2D eigenvalue weighted by Gasteiger charge is -2.11. The highest BCUT2D eigenvalue weighted by atomic mass is 79.9. The normalized spacial score (nSPS) is 14.4. The Bertz CT molecular complexity index is 440. The van der Waals surface area contributed by atoms with Gasteiger partial charge in [-0.1, -0.05) is 39.1 Å². The van der Waals surface area contributed by atoms with Crippen molar-refractivity contribution >= 4 is 50.7 Å². The van der Waals surface area contributed by atoms with Crippen LogP contribution in [0, 0.1) is 0 Å². The molecule has 98 valence electrons. The Kier molecular flexibility index (Phi) is 4.76. The number of carbonyl (C=O) groups is 1. The molecule has 0 unspecified atom stereocenters. The lowest BCUT2D eigenvalue weighted by atomic mass is 10.3. The molecule has 1 aromatic carbocycles. The van der Waals surface area contributed by atoms with E-state index in [1.807, 2.05) is 0 Å². The SMILES string of the molecule is O=C(CCNc1c(Cl)cc(Br)cc1Cl)NC1CC1. The molecule has 1 fully saturated rings. The van der Waals surface area contributed by atoms with Gasteiger partial charge in [-0.25, -0.2) is 0 Å². The van der Waals surface area contributed by atoms with Crippen LogP contribution in [0.1, 0.15) is 19.3 Å². The Hall–Kier alpha value is -0.450. The van der Waals surface area contributed by atoms with Gasteiger partial charge < -0.3 is 10.6 Å². The number of carbonyl (C=O) groups excluding carboxylic acids is 1. The topological polar surface area (TPSA) is 41.1 Å². The van der Waals surface area contributed by atoms with Crippen LogP contribution >= 0.6 is 39.1 Å². The van der Waals surface area contributed by atoms with Crippen molar-refractivity contribution in [2.45, 2.75) is 25.3 Å². The minimum atomic E-state index is 0.0642. The van der Waals surface area contributed by atoms with Crippen LogP contribution in [0.4, 0.5) is 5.69 Å². The molecule has 2 N–H and O–H groups in total. The van der Waals surface area contributed by atoms with Gasteiger partial charge >= 0.3 is 0 Å². The molecule has 0 aromatic heterocycles. The van der Waals surface area contributed by atoms with Crippen molar-refractivity contribution < 1.29 is 4.79 Å². The molecule has 1 saturated carbocycles. The first-order valence-corrected chi connectivity index (χ1v) is 7.29. The van der Waals surface area contributed by atoms with E-state index in [9.17, 15) is 4.79 Å². The Labute approximate surface area is 124 Å². The van der Waals surface area contributed by atoms with Crippen LogP contribution in [-0.2, 0) is 4.79 Å². The summed E-state index contributed by atoms with van der Waals surface area (Å²) in [6, 6.07) is 3.93. The summed E-state index contributed by atoms with van der Waals surface area (Å²) in [5, 5.41) is 7.09. The predicted octanol–water partition coefficient (Wildman–Crippen LogP) is 3.84. The van der Waals surface area contributed by atoms with Crippen LogP contribution in [0.3, 0.4) is 0 Å². The van der Waals surface area contributed by atoms with Gasteiger partial charge in [0.25, 0.3) is 0 Å². The standard InChI is InChI=1S/C12H13BrCl2N2O/c13-7-5-9(14)12(10(15)6-7)16-4-3-11(18)17-8-1-2-8/h5-6,8,16H,1-4H2,(H,17,18). The molecular formula is C12H13BrCl2N2O. The molecule has 1 aliphatic rings. The molecule has 0 aliphatic heterocycles. The number of halogens is 3. The highest BCUT2D eigenvalue weighted by molar-refractivity contribution is 9.10. The van der Waals surface area contributed by atoms with E-state index in [0.29, 0.717) is 34.7 Å². The molecule has 1 aliphatic carbocycles. The fourth-order valence-electron chi connectivity index (χ4n) is 1.54. The van der Waals surface area contributed by atoms with Crippen molar-refractivity contribution in [3.8, 4) is 0 Å². The summed E-state index contributed by atoms with van der Waals surface area (Å²) < 4.78 is 0.828. The molecule has 3 nitrogen and oxygen atoms in total. The highest BCUT2D eigenvalue weighted by Gasteiger charge is 2.22. The molecule has 0 atom stereocenters. The maximum Gasteiger partial charge on any atom is 0.221 e. The summed E-state index contributed by atoms with van der Waals surface area (Å²) in [6.45, 7) is 0.514. The first kappa shape index (κ1) is 14.0. The van der Waals surface area contributed by atoms with Crippen LogP contribution in [0.15, 0.2) is 16.6 Å². The molecule has 1 aromatic rings. The summed E-state index contributed by atoms with van der Waals surface area (Å²) in [4.78, 5) is 11.5. The summed E-state index contributed by atoms with van der Waals surface area (Å²) >= 11 is 15.4. The highest BCUT2D eigenvalue weighted by Crippen LogP contribution is 2.33. The largest absolute Gasteiger partial charge is 0.382 e. The number of rotatable bonds is 5. The zero-order valence-electron chi connectivity index (χ0n) is 9.60. The fourth-order valence-corrected chi connectivity index (χ4v) is 2.88. The Balaban J connectivity index is 1.84. The molecule has 0 spiro atoms. The maximum absolute atomic E-state index is 11.5. The molecule has 18 heavy (non-hydrogen) atoms. The van der Waals surface area contributed by atoms with Gasteiger partial charge in [-0.2, -0.15) is 0 Å². The van der Waals surface area contributed by atoms with Gasteiger partial charge in [0.05, 0.1) is 15.7 Å². The minimum absolute atomic E-state index is 0.0642. The van der Waals surface area contributed by atoms with Crippen LogP contribution in [0.5, 0.6) is 0 Å². The fraction of sp³-hybridized carbons (Fsp3) is 0.417. The monoisotopic (exact) mass is 350 g/mol. The lowest BCUT2D eigenvalue weighted by Crippen LogP contribution is -2.27. The molecular weight excluding hydrogens is 339 g/mol. The van der Waals surface area contributed by atoms with Gasteiger partial charge in [0, 0.05) is 23.5 Å². The zero-order chi connectivity index (χ0) is 13.1. The molecule has 0 heterocycles. The number of hydrogen-bond acceptors (Lipinski definition) is 2. The van der Waals surface area contributed by atoms with E-state index in [0.717, 1.165) is 17.3 Å². The van der Waals surface area contributed by atoms with Crippen molar-refractivity contribution in [1.82, 2.24) is 5.32 Å². The van der Waals surface area contributed by atoms with E-state index < -0.39 is 0 Å². The number of amides is 1. The summed E-state index contributed by atoms with van der Waals surface area (Å²) in [7, 11) is 0. The van der Waals surface area contributed by atoms with Gasteiger partial charge in [-0.05, 0) is 25.0 Å². The lowest BCUT2D eigenvalue weighted by molar-refractivity contribution is -0.120. The van der Waals surface area contributed by atoms with Crippen molar-refractivity contribution in [1.29, 1.82) is 0 Å². The quantitative estimate of drug-likeness (QED) is 0.846. The third-order valence-electron chi connectivity index (χ3n) is 2.60. The van der Waals surface area contributed by atoms with Gasteiger partial charge in [0.15, 0.2) is 0 Å². The average molecular weight is 352 g/mol. The van der Waals surface area contributed by atoms with Crippen LogP contribution in [-0.4, -0.2) is 18.5 Å². The minimum Gasteiger partial charge on any atom is -0.382 e. The zero-order valence-corrected chi connectivity index (χ0v) is 12.7. The van der Waals surface area contributed by atoms with Crippen LogP contribution in [0.25, 0.3) is 0 Å². The van der Waals surface area contributed by atoms with Gasteiger partial charge in [-0.15, -0.1) is 0 Å². The smallest absolute Gasteiger partial charge is 0.221 e. The Morgan fingerprint density at radius 3 is 2.50 bits per heavy atom. The first-order valence-electron chi connectivity index (χ1n) is 5.74. The van der Waals surface area contributed by atoms with E-state index >= 15 is 0 Å². The van der Waals surface area contributed by atoms with E-state index in [1.165, 1.54) is 0 Å².